The fourth-order valence-electron chi connectivity index (χ4n) is 8.31. The summed E-state index contributed by atoms with van der Waals surface area (Å²) in [4.78, 5) is 39.5. The molecule has 1 saturated carbocycles. The summed E-state index contributed by atoms with van der Waals surface area (Å²) in [7, 11) is 0. The molecule has 5 rings (SSSR count). The third kappa shape index (κ3) is 7.19. The van der Waals surface area contributed by atoms with E-state index in [1.54, 1.807) is 6.07 Å². The second-order valence-electron chi connectivity index (χ2n) is 13.7. The number of amides is 1. The zero-order chi connectivity index (χ0) is 31.2. The van der Waals surface area contributed by atoms with Crippen molar-refractivity contribution in [3.8, 4) is 11.5 Å². The number of carbonyl (C=O) groups is 3. The Morgan fingerprint density at radius 3 is 2.66 bits per heavy atom. The van der Waals surface area contributed by atoms with Crippen LogP contribution in [0.15, 0.2) is 12.1 Å². The van der Waals surface area contributed by atoms with Crippen molar-refractivity contribution in [2.75, 3.05) is 19.7 Å². The molecule has 244 valence electrons. The molecule has 2 saturated heterocycles. The summed E-state index contributed by atoms with van der Waals surface area (Å²) >= 11 is 0. The number of hydrogen-bond acceptors (Lipinski definition) is 8. The number of hydrogen-bond donors (Lipinski definition) is 3. The number of nitrogens with one attached hydrogen (secondary N) is 2. The van der Waals surface area contributed by atoms with Crippen LogP contribution in [0.3, 0.4) is 0 Å². The number of unbranched alkanes of at least 4 members (excludes halogenated alkanes) is 2. The standard InChI is InChI=1S/C35H52N2O7/c1-3-4-5-10-27(43-24(2)38)22-30(44-33(41)35-16-7-6-9-26(35)13-15-31(40)37-35)34(17-19-36-20-18-34)23-25-12-14-29(39)32-28(25)11-8-21-42-32/h12,14,26-27,30,36,39H,3-11,13,15-23H2,1-2H3,(H,37,40)/t26-,27-,30-,35-/m1/s1. The number of ether oxygens (including phenoxy) is 3. The molecule has 3 fully saturated rings. The molecule has 0 bridgehead atoms. The Balaban J connectivity index is 1.52. The summed E-state index contributed by atoms with van der Waals surface area (Å²) in [6.45, 7) is 5.73. The molecule has 0 spiro atoms. The van der Waals surface area contributed by atoms with E-state index >= 15 is 0 Å². The first-order valence-corrected chi connectivity index (χ1v) is 17.1. The average Bonchev–Trinajstić information content (AvgIpc) is 3.02. The minimum atomic E-state index is -0.995. The van der Waals surface area contributed by atoms with E-state index in [0.29, 0.717) is 50.9 Å². The number of esters is 2. The Bertz CT molecular complexity index is 1180. The summed E-state index contributed by atoms with van der Waals surface area (Å²) in [5.74, 6) is 0.0581. The Labute approximate surface area is 262 Å². The molecule has 1 aliphatic carbocycles. The normalized spacial score (nSPS) is 25.8. The molecule has 0 aromatic heterocycles. The van der Waals surface area contributed by atoms with Crippen LogP contribution in [-0.4, -0.2) is 60.4 Å². The summed E-state index contributed by atoms with van der Waals surface area (Å²) in [6, 6.07) is 3.71. The largest absolute Gasteiger partial charge is 0.504 e. The highest BCUT2D eigenvalue weighted by Gasteiger charge is 2.54. The first kappa shape index (κ1) is 32.6. The molecule has 1 aromatic carbocycles. The van der Waals surface area contributed by atoms with E-state index in [1.807, 2.05) is 6.07 Å². The number of carbonyl (C=O) groups excluding carboxylic acids is 3. The first-order chi connectivity index (χ1) is 21.3. The minimum absolute atomic E-state index is 0.0705. The number of phenols is 1. The molecular formula is C35H52N2O7. The van der Waals surface area contributed by atoms with Crippen molar-refractivity contribution in [3.05, 3.63) is 23.3 Å². The highest BCUT2D eigenvalue weighted by Crippen LogP contribution is 2.47. The molecular weight excluding hydrogens is 560 g/mol. The van der Waals surface area contributed by atoms with Gasteiger partial charge < -0.3 is 30.0 Å². The van der Waals surface area contributed by atoms with Crippen molar-refractivity contribution in [1.82, 2.24) is 10.6 Å². The number of fused-ring (bicyclic) bond motifs is 2. The van der Waals surface area contributed by atoms with Crippen LogP contribution in [-0.2, 0) is 36.7 Å². The van der Waals surface area contributed by atoms with Crippen molar-refractivity contribution >= 4 is 17.8 Å². The van der Waals surface area contributed by atoms with Gasteiger partial charge in [-0.15, -0.1) is 0 Å². The van der Waals surface area contributed by atoms with E-state index in [9.17, 15) is 19.5 Å². The molecule has 0 radical (unpaired) electrons. The van der Waals surface area contributed by atoms with Crippen molar-refractivity contribution in [3.63, 3.8) is 0 Å². The monoisotopic (exact) mass is 612 g/mol. The Hall–Kier alpha value is -2.81. The van der Waals surface area contributed by atoms with Crippen molar-refractivity contribution in [1.29, 1.82) is 0 Å². The zero-order valence-electron chi connectivity index (χ0n) is 26.7. The van der Waals surface area contributed by atoms with Crippen LogP contribution in [0, 0.1) is 11.3 Å². The quantitative estimate of drug-likeness (QED) is 0.215. The van der Waals surface area contributed by atoms with Gasteiger partial charge in [-0.05, 0) is 94.8 Å². The molecule has 9 nitrogen and oxygen atoms in total. The van der Waals surface area contributed by atoms with Gasteiger partial charge in [0.1, 0.15) is 17.7 Å². The maximum Gasteiger partial charge on any atom is 0.332 e. The third-order valence-corrected chi connectivity index (χ3v) is 10.7. The van der Waals surface area contributed by atoms with Gasteiger partial charge in [0.05, 0.1) is 6.61 Å². The summed E-state index contributed by atoms with van der Waals surface area (Å²) in [5.41, 5.74) is 0.718. The molecule has 0 unspecified atom stereocenters. The van der Waals surface area contributed by atoms with Crippen LogP contribution in [0.4, 0.5) is 0 Å². The van der Waals surface area contributed by atoms with Crippen molar-refractivity contribution in [2.45, 2.75) is 134 Å². The maximum atomic E-state index is 14.5. The second kappa shape index (κ2) is 14.5. The molecule has 44 heavy (non-hydrogen) atoms. The van der Waals surface area contributed by atoms with Gasteiger partial charge in [-0.1, -0.05) is 38.7 Å². The average molecular weight is 613 g/mol. The van der Waals surface area contributed by atoms with Crippen LogP contribution in [0.2, 0.25) is 0 Å². The Kier molecular flexibility index (Phi) is 10.8. The molecule has 3 N–H and O–H groups in total. The van der Waals surface area contributed by atoms with Gasteiger partial charge in [0, 0.05) is 30.7 Å². The van der Waals surface area contributed by atoms with Gasteiger partial charge in [0.2, 0.25) is 5.91 Å². The molecule has 4 atom stereocenters. The van der Waals surface area contributed by atoms with E-state index in [4.69, 9.17) is 14.2 Å². The summed E-state index contributed by atoms with van der Waals surface area (Å²) in [5, 5.41) is 17.2. The lowest BCUT2D eigenvalue weighted by atomic mass is 9.66. The smallest absolute Gasteiger partial charge is 0.332 e. The molecule has 4 aliphatic rings. The Morgan fingerprint density at radius 1 is 1.07 bits per heavy atom. The fraction of sp³-hybridized carbons (Fsp3) is 0.743. The number of piperidine rings is 2. The van der Waals surface area contributed by atoms with Crippen LogP contribution in [0.1, 0.15) is 115 Å². The first-order valence-electron chi connectivity index (χ1n) is 17.1. The van der Waals surface area contributed by atoms with Gasteiger partial charge in [0.25, 0.3) is 0 Å². The van der Waals surface area contributed by atoms with Gasteiger partial charge in [-0.3, -0.25) is 9.59 Å². The molecule has 1 amide bonds. The maximum absolute atomic E-state index is 14.5. The van der Waals surface area contributed by atoms with Gasteiger partial charge >= 0.3 is 11.9 Å². The lowest BCUT2D eigenvalue weighted by Crippen LogP contribution is -2.65. The molecule has 3 heterocycles. The number of rotatable bonds is 12. The molecule has 1 aromatic rings. The predicted octanol–water partition coefficient (Wildman–Crippen LogP) is 5.28. The van der Waals surface area contributed by atoms with E-state index < -0.39 is 17.1 Å². The lowest BCUT2D eigenvalue weighted by Gasteiger charge is -2.49. The zero-order valence-corrected chi connectivity index (χ0v) is 26.7. The van der Waals surface area contributed by atoms with E-state index in [2.05, 4.69) is 17.6 Å². The molecule has 9 heteroatoms. The topological polar surface area (TPSA) is 123 Å². The second-order valence-corrected chi connectivity index (χ2v) is 13.7. The van der Waals surface area contributed by atoms with Gasteiger partial charge in [0.15, 0.2) is 11.5 Å². The van der Waals surface area contributed by atoms with Crippen LogP contribution in [0.25, 0.3) is 0 Å². The number of benzene rings is 1. The summed E-state index contributed by atoms with van der Waals surface area (Å²) < 4.78 is 18.6. The van der Waals surface area contributed by atoms with Crippen LogP contribution in [0.5, 0.6) is 11.5 Å². The SMILES string of the molecule is CCCCC[C@H](C[C@@H](OC(=O)[C@@]12CCCC[C@@H]1CCC(=O)N2)C1(Cc2ccc(O)c3c2CCCO3)CCNCC1)OC(C)=O. The van der Waals surface area contributed by atoms with E-state index in [0.717, 1.165) is 88.4 Å². The van der Waals surface area contributed by atoms with Gasteiger partial charge in [-0.25, -0.2) is 4.79 Å². The highest BCUT2D eigenvalue weighted by atomic mass is 16.6. The van der Waals surface area contributed by atoms with Crippen LogP contribution < -0.4 is 15.4 Å². The van der Waals surface area contributed by atoms with E-state index in [1.165, 1.54) is 6.92 Å². The fourth-order valence-corrected chi connectivity index (χ4v) is 8.31. The van der Waals surface area contributed by atoms with Crippen molar-refractivity contribution < 1.29 is 33.7 Å². The third-order valence-electron chi connectivity index (χ3n) is 10.7. The Morgan fingerprint density at radius 2 is 1.89 bits per heavy atom. The summed E-state index contributed by atoms with van der Waals surface area (Å²) in [6.07, 6.45) is 11.7. The van der Waals surface area contributed by atoms with Crippen LogP contribution >= 0.6 is 0 Å². The number of aromatic hydroxyl groups is 1. The minimum Gasteiger partial charge on any atom is -0.504 e. The lowest BCUT2D eigenvalue weighted by molar-refractivity contribution is -0.178. The van der Waals surface area contributed by atoms with Gasteiger partial charge in [-0.2, -0.15) is 0 Å². The highest BCUT2D eigenvalue weighted by molar-refractivity contribution is 5.90. The van der Waals surface area contributed by atoms with E-state index in [-0.39, 0.29) is 35.6 Å². The van der Waals surface area contributed by atoms with Crippen molar-refractivity contribution in [2.24, 2.45) is 11.3 Å². The molecule has 3 aliphatic heterocycles. The predicted molar refractivity (Wildman–Crippen MR) is 166 cm³/mol. The number of phenolic OH excluding ortho intramolecular Hbond substituents is 1.